The summed E-state index contributed by atoms with van der Waals surface area (Å²) in [6.07, 6.45) is 0. The summed E-state index contributed by atoms with van der Waals surface area (Å²) in [6, 6.07) is 12.0. The Morgan fingerprint density at radius 1 is 1.15 bits per heavy atom. The molecule has 0 bridgehead atoms. The Labute approximate surface area is 172 Å². The summed E-state index contributed by atoms with van der Waals surface area (Å²) in [5.41, 5.74) is 2.24. The highest BCUT2D eigenvalue weighted by atomic mass is 35.5. The molecule has 3 N–H and O–H groups in total. The molecular weight excluding hydrogens is 413 g/mol. The predicted octanol–water partition coefficient (Wildman–Crippen LogP) is 5.01. The number of anilines is 1. The van der Waals surface area contributed by atoms with Crippen molar-refractivity contribution in [3.63, 3.8) is 0 Å². The number of halogens is 3. The van der Waals surface area contributed by atoms with Crippen molar-refractivity contribution < 1.29 is 4.79 Å². The van der Waals surface area contributed by atoms with Gasteiger partial charge in [-0.3, -0.25) is 10.1 Å². The molecule has 0 aliphatic carbocycles. The maximum absolute atomic E-state index is 13.0. The Morgan fingerprint density at radius 3 is 2.62 bits per heavy atom. The van der Waals surface area contributed by atoms with Crippen LogP contribution in [0.2, 0.25) is 15.1 Å². The van der Waals surface area contributed by atoms with E-state index in [9.17, 15) is 4.79 Å². The van der Waals surface area contributed by atoms with Crippen LogP contribution in [-0.2, 0) is 4.79 Å². The van der Waals surface area contributed by atoms with Crippen LogP contribution in [0.3, 0.4) is 0 Å². The fourth-order valence-electron chi connectivity index (χ4n) is 2.82. The maximum Gasteiger partial charge on any atom is 0.255 e. The molecule has 8 heteroatoms. The average molecular weight is 429 g/mol. The third kappa shape index (κ3) is 4.13. The first kappa shape index (κ1) is 19.4. The minimum atomic E-state index is -0.379. The minimum absolute atomic E-state index is 0.295. The van der Waals surface area contributed by atoms with Gasteiger partial charge in [0, 0.05) is 10.7 Å². The lowest BCUT2D eigenvalue weighted by Gasteiger charge is -2.33. The smallest absolute Gasteiger partial charge is 0.255 e. The van der Waals surface area contributed by atoms with E-state index in [-0.39, 0.29) is 17.4 Å². The summed E-state index contributed by atoms with van der Waals surface area (Å²) in [7, 11) is 0. The monoisotopic (exact) mass is 427 g/mol. The third-order valence-corrected chi connectivity index (χ3v) is 5.33. The summed E-state index contributed by atoms with van der Waals surface area (Å²) < 4.78 is 0. The van der Waals surface area contributed by atoms with Crippen molar-refractivity contribution >= 4 is 59.0 Å². The van der Waals surface area contributed by atoms with Crippen LogP contribution in [0, 0.1) is 0 Å². The number of amides is 1. The van der Waals surface area contributed by atoms with Crippen molar-refractivity contribution in [1.82, 2.24) is 10.6 Å². The molecule has 136 valence electrons. The fraction of sp³-hybridized carbons (Fsp3) is 0.167. The second-order valence-electron chi connectivity index (χ2n) is 5.80. The van der Waals surface area contributed by atoms with E-state index < -0.39 is 0 Å². The zero-order chi connectivity index (χ0) is 18.8. The first-order valence-corrected chi connectivity index (χ1v) is 9.44. The van der Waals surface area contributed by atoms with Crippen LogP contribution in [0.1, 0.15) is 18.5 Å². The Hall–Kier alpha value is -1.37. The number of benzene rings is 2. The van der Waals surface area contributed by atoms with E-state index in [1.54, 1.807) is 24.3 Å². The molecule has 0 saturated carbocycles. The van der Waals surface area contributed by atoms with Gasteiger partial charge in [0.15, 0.2) is 0 Å². The van der Waals surface area contributed by atoms with E-state index in [1.807, 2.05) is 25.1 Å². The number of carbonyl (C=O) groups excluding carboxylic acids is 1. The zero-order valence-electron chi connectivity index (χ0n) is 13.7. The van der Waals surface area contributed by atoms with Crippen molar-refractivity contribution in [2.24, 2.45) is 0 Å². The number of rotatable bonds is 3. The van der Waals surface area contributed by atoms with E-state index in [4.69, 9.17) is 34.8 Å². The Bertz CT molecular complexity index is 888. The van der Waals surface area contributed by atoms with Gasteiger partial charge in [0.2, 0.25) is 0 Å². The van der Waals surface area contributed by atoms with Gasteiger partial charge >= 0.3 is 0 Å². The predicted molar refractivity (Wildman–Crippen MR) is 111 cm³/mol. The molecule has 4 nitrogen and oxygen atoms in total. The Balaban J connectivity index is 1.97. The molecule has 0 radical (unpaired) electrons. The first-order valence-electron chi connectivity index (χ1n) is 7.79. The molecule has 0 saturated heterocycles. The van der Waals surface area contributed by atoms with Crippen molar-refractivity contribution in [2.45, 2.75) is 18.5 Å². The maximum atomic E-state index is 13.0. The van der Waals surface area contributed by atoms with Gasteiger partial charge in [-0.05, 0) is 36.8 Å². The second kappa shape index (κ2) is 8.11. The van der Waals surface area contributed by atoms with Gasteiger partial charge in [-0.1, -0.05) is 53.0 Å². The number of nitrogens with one attached hydrogen (secondary N) is 3. The number of thiol groups is 1. The number of hydrogen-bond donors (Lipinski definition) is 4. The third-order valence-electron chi connectivity index (χ3n) is 4.00. The molecule has 3 rings (SSSR count). The lowest BCUT2D eigenvalue weighted by molar-refractivity contribution is -0.113. The summed E-state index contributed by atoms with van der Waals surface area (Å²) in [6.45, 7) is 1.83. The van der Waals surface area contributed by atoms with E-state index in [2.05, 4.69) is 28.6 Å². The standard InChI is InChI=1S/C18H16Cl3N3OS/c1-9-14(17(25)23-13-7-3-6-12(20)15(13)21)16(24-18(26)22-9)10-4-2-5-11(19)8-10/h2-8,16,18,22,24,26H,1H3,(H,23,25). The summed E-state index contributed by atoms with van der Waals surface area (Å²) >= 11 is 22.8. The van der Waals surface area contributed by atoms with E-state index in [0.717, 1.165) is 5.56 Å². The summed E-state index contributed by atoms with van der Waals surface area (Å²) in [5.74, 6) is -0.295. The molecule has 1 aliphatic rings. The molecule has 0 aromatic heterocycles. The molecule has 2 unspecified atom stereocenters. The first-order chi connectivity index (χ1) is 12.4. The highest BCUT2D eigenvalue weighted by Gasteiger charge is 2.31. The molecule has 2 aromatic carbocycles. The molecule has 2 atom stereocenters. The van der Waals surface area contributed by atoms with Crippen molar-refractivity contribution in [1.29, 1.82) is 0 Å². The molecule has 0 fully saturated rings. The number of hydrogen-bond acceptors (Lipinski definition) is 4. The van der Waals surface area contributed by atoms with Crippen LogP contribution in [0.5, 0.6) is 0 Å². The summed E-state index contributed by atoms with van der Waals surface area (Å²) in [5, 5.41) is 10.5. The molecular formula is C18H16Cl3N3OS. The molecule has 0 spiro atoms. The van der Waals surface area contributed by atoms with Gasteiger partial charge in [0.25, 0.3) is 5.91 Å². The van der Waals surface area contributed by atoms with Crippen molar-refractivity contribution in [2.75, 3.05) is 5.32 Å². The summed E-state index contributed by atoms with van der Waals surface area (Å²) in [4.78, 5) is 13.0. The molecule has 1 amide bonds. The van der Waals surface area contributed by atoms with Crippen LogP contribution in [-0.4, -0.2) is 11.4 Å². The van der Waals surface area contributed by atoms with Crippen molar-refractivity contribution in [3.8, 4) is 0 Å². The molecule has 2 aromatic rings. The molecule has 26 heavy (non-hydrogen) atoms. The van der Waals surface area contributed by atoms with E-state index in [0.29, 0.717) is 32.0 Å². The lowest BCUT2D eigenvalue weighted by atomic mass is 9.95. The van der Waals surface area contributed by atoms with Gasteiger partial charge < -0.3 is 10.6 Å². The molecule has 1 heterocycles. The largest absolute Gasteiger partial charge is 0.365 e. The Morgan fingerprint density at radius 2 is 1.88 bits per heavy atom. The van der Waals surface area contributed by atoms with Gasteiger partial charge in [-0.15, -0.1) is 12.6 Å². The second-order valence-corrected chi connectivity index (χ2v) is 7.53. The normalized spacial score (nSPS) is 19.9. The average Bonchev–Trinajstić information content (AvgIpc) is 2.58. The number of carbonyl (C=O) groups is 1. The van der Waals surface area contributed by atoms with Crippen LogP contribution in [0.15, 0.2) is 53.7 Å². The van der Waals surface area contributed by atoms with Crippen molar-refractivity contribution in [3.05, 3.63) is 74.4 Å². The van der Waals surface area contributed by atoms with E-state index >= 15 is 0 Å². The van der Waals surface area contributed by atoms with Crippen LogP contribution in [0.25, 0.3) is 0 Å². The fourth-order valence-corrected chi connectivity index (χ4v) is 3.71. The molecule has 1 aliphatic heterocycles. The Kier molecular flexibility index (Phi) is 6.05. The number of allylic oxidation sites excluding steroid dienone is 1. The highest BCUT2D eigenvalue weighted by Crippen LogP contribution is 2.33. The topological polar surface area (TPSA) is 53.2 Å². The lowest BCUT2D eigenvalue weighted by Crippen LogP contribution is -2.47. The van der Waals surface area contributed by atoms with Crippen LogP contribution < -0.4 is 16.0 Å². The van der Waals surface area contributed by atoms with Gasteiger partial charge in [0.1, 0.15) is 5.50 Å². The quantitative estimate of drug-likeness (QED) is 0.520. The SMILES string of the molecule is CC1=C(C(=O)Nc2cccc(Cl)c2Cl)C(c2cccc(Cl)c2)NC(S)N1. The van der Waals surface area contributed by atoms with Gasteiger partial charge in [-0.2, -0.15) is 0 Å². The van der Waals surface area contributed by atoms with Gasteiger partial charge in [0.05, 0.1) is 27.3 Å². The zero-order valence-corrected chi connectivity index (χ0v) is 16.8. The minimum Gasteiger partial charge on any atom is -0.365 e. The van der Waals surface area contributed by atoms with E-state index in [1.165, 1.54) is 0 Å². The van der Waals surface area contributed by atoms with Crippen LogP contribution in [0.4, 0.5) is 5.69 Å². The highest BCUT2D eigenvalue weighted by molar-refractivity contribution is 7.80. The van der Waals surface area contributed by atoms with Gasteiger partial charge in [-0.25, -0.2) is 0 Å². The van der Waals surface area contributed by atoms with Crippen LogP contribution >= 0.6 is 47.4 Å².